The Morgan fingerprint density at radius 3 is 2.57 bits per heavy atom. The van der Waals surface area contributed by atoms with Crippen molar-refractivity contribution in [3.63, 3.8) is 0 Å². The average Bonchev–Trinajstić information content (AvgIpc) is 2.44. The van der Waals surface area contributed by atoms with Gasteiger partial charge in [0.1, 0.15) is 0 Å². The van der Waals surface area contributed by atoms with E-state index in [1.165, 1.54) is 25.7 Å². The minimum absolute atomic E-state index is 0.188. The lowest BCUT2D eigenvalue weighted by Crippen LogP contribution is -2.53. The van der Waals surface area contributed by atoms with Gasteiger partial charge in [0.2, 0.25) is 5.91 Å². The fraction of sp³-hybridized carbons (Fsp3) is 0.941. The fourth-order valence-corrected chi connectivity index (χ4v) is 4.13. The lowest BCUT2D eigenvalue weighted by Gasteiger charge is -2.40. The van der Waals surface area contributed by atoms with Gasteiger partial charge in [0.15, 0.2) is 0 Å². The molecular weight excluding hydrogens is 262 g/mol. The van der Waals surface area contributed by atoms with Crippen LogP contribution in [0.5, 0.6) is 0 Å². The third kappa shape index (κ3) is 4.19. The summed E-state index contributed by atoms with van der Waals surface area (Å²) in [6.07, 6.45) is 6.09. The Labute approximate surface area is 129 Å². The summed E-state index contributed by atoms with van der Waals surface area (Å²) >= 11 is 0. The maximum Gasteiger partial charge on any atom is 0.234 e. The van der Waals surface area contributed by atoms with Gasteiger partial charge < -0.3 is 11.1 Å². The molecule has 2 fully saturated rings. The van der Waals surface area contributed by atoms with Crippen LogP contribution in [0.15, 0.2) is 0 Å². The van der Waals surface area contributed by atoms with Gasteiger partial charge in [-0.1, -0.05) is 33.6 Å². The lowest BCUT2D eigenvalue weighted by atomic mass is 9.78. The van der Waals surface area contributed by atoms with Crippen LogP contribution in [0.2, 0.25) is 0 Å². The Balaban J connectivity index is 1.86. The molecular formula is C17H33N3O. The third-order valence-electron chi connectivity index (χ3n) is 5.87. The molecule has 1 saturated heterocycles. The molecule has 2 aliphatic rings. The van der Waals surface area contributed by atoms with Gasteiger partial charge in [-0.2, -0.15) is 0 Å². The van der Waals surface area contributed by atoms with Gasteiger partial charge in [0.05, 0.1) is 6.54 Å². The highest BCUT2D eigenvalue weighted by molar-refractivity contribution is 5.78. The first kappa shape index (κ1) is 16.8. The van der Waals surface area contributed by atoms with Gasteiger partial charge in [-0.15, -0.1) is 0 Å². The predicted molar refractivity (Wildman–Crippen MR) is 86.9 cm³/mol. The van der Waals surface area contributed by atoms with Gasteiger partial charge in [-0.3, -0.25) is 9.69 Å². The van der Waals surface area contributed by atoms with E-state index in [4.69, 9.17) is 5.73 Å². The molecule has 0 aromatic heterocycles. The first-order valence-electron chi connectivity index (χ1n) is 8.76. The molecule has 4 heteroatoms. The number of nitrogens with two attached hydrogens (primary N) is 1. The van der Waals surface area contributed by atoms with Crippen LogP contribution in [0.4, 0.5) is 0 Å². The van der Waals surface area contributed by atoms with Crippen LogP contribution >= 0.6 is 0 Å². The molecule has 0 spiro atoms. The summed E-state index contributed by atoms with van der Waals surface area (Å²) in [5.74, 6) is 2.10. The number of nitrogens with one attached hydrogen (secondary N) is 1. The molecule has 0 aromatic carbocycles. The number of carbonyl (C=O) groups is 1. The van der Waals surface area contributed by atoms with Crippen molar-refractivity contribution in [1.29, 1.82) is 0 Å². The summed E-state index contributed by atoms with van der Waals surface area (Å²) in [6.45, 7) is 9.03. The smallest absolute Gasteiger partial charge is 0.234 e. The zero-order valence-electron chi connectivity index (χ0n) is 14.0. The molecule has 122 valence electrons. The van der Waals surface area contributed by atoms with E-state index in [1.807, 2.05) is 0 Å². The molecule has 2 rings (SSSR count). The first-order valence-corrected chi connectivity index (χ1v) is 8.76. The van der Waals surface area contributed by atoms with Crippen molar-refractivity contribution < 1.29 is 4.79 Å². The van der Waals surface area contributed by atoms with Crippen molar-refractivity contribution in [2.24, 2.45) is 23.5 Å². The van der Waals surface area contributed by atoms with E-state index in [0.29, 0.717) is 37.0 Å². The van der Waals surface area contributed by atoms with Gasteiger partial charge in [0, 0.05) is 18.6 Å². The number of hydrogen-bond acceptors (Lipinski definition) is 3. The second kappa shape index (κ2) is 7.59. The van der Waals surface area contributed by atoms with Crippen molar-refractivity contribution >= 4 is 5.91 Å². The van der Waals surface area contributed by atoms with E-state index in [1.54, 1.807) is 0 Å². The molecule has 1 saturated carbocycles. The van der Waals surface area contributed by atoms with Crippen LogP contribution in [0.1, 0.15) is 52.9 Å². The second-order valence-corrected chi connectivity index (χ2v) is 7.33. The number of likely N-dealkylation sites (tertiary alicyclic amines) is 1. The first-order chi connectivity index (χ1) is 10.0. The highest BCUT2D eigenvalue weighted by Crippen LogP contribution is 2.29. The van der Waals surface area contributed by atoms with Crippen LogP contribution < -0.4 is 11.1 Å². The van der Waals surface area contributed by atoms with Gasteiger partial charge in [-0.05, 0) is 43.6 Å². The largest absolute Gasteiger partial charge is 0.352 e. The fourth-order valence-electron chi connectivity index (χ4n) is 4.13. The van der Waals surface area contributed by atoms with Crippen LogP contribution in [0, 0.1) is 17.8 Å². The van der Waals surface area contributed by atoms with Crippen molar-refractivity contribution in [3.05, 3.63) is 0 Å². The summed E-state index contributed by atoms with van der Waals surface area (Å²) in [7, 11) is 0. The van der Waals surface area contributed by atoms with E-state index in [9.17, 15) is 4.79 Å². The zero-order chi connectivity index (χ0) is 15.4. The molecule has 4 nitrogen and oxygen atoms in total. The number of nitrogens with zero attached hydrogens (tertiary/aromatic N) is 1. The van der Waals surface area contributed by atoms with Crippen LogP contribution in [0.3, 0.4) is 0 Å². The minimum atomic E-state index is 0.188. The molecule has 0 bridgehead atoms. The zero-order valence-corrected chi connectivity index (χ0v) is 14.0. The van der Waals surface area contributed by atoms with E-state index < -0.39 is 0 Å². The van der Waals surface area contributed by atoms with E-state index in [2.05, 4.69) is 31.0 Å². The maximum atomic E-state index is 12.4. The molecule has 0 aromatic rings. The highest BCUT2D eigenvalue weighted by Gasteiger charge is 2.31. The Kier molecular flexibility index (Phi) is 6.06. The Morgan fingerprint density at radius 1 is 1.14 bits per heavy atom. The number of rotatable bonds is 4. The Bertz CT molecular complexity index is 347. The molecule has 1 amide bonds. The molecule has 1 heterocycles. The molecule has 0 radical (unpaired) electrons. The average molecular weight is 295 g/mol. The molecule has 1 aliphatic heterocycles. The summed E-state index contributed by atoms with van der Waals surface area (Å²) in [4.78, 5) is 14.7. The Morgan fingerprint density at radius 2 is 1.86 bits per heavy atom. The highest BCUT2D eigenvalue weighted by atomic mass is 16.2. The monoisotopic (exact) mass is 295 g/mol. The molecule has 3 N–H and O–H groups in total. The van der Waals surface area contributed by atoms with Crippen molar-refractivity contribution in [2.75, 3.05) is 19.6 Å². The van der Waals surface area contributed by atoms with Crippen LogP contribution in [-0.2, 0) is 4.79 Å². The quantitative estimate of drug-likeness (QED) is 0.834. The van der Waals surface area contributed by atoms with Crippen molar-refractivity contribution in [2.45, 2.75) is 65.0 Å². The van der Waals surface area contributed by atoms with Gasteiger partial charge in [0.25, 0.3) is 0 Å². The van der Waals surface area contributed by atoms with Crippen molar-refractivity contribution in [1.82, 2.24) is 10.2 Å². The van der Waals surface area contributed by atoms with Crippen LogP contribution in [0.25, 0.3) is 0 Å². The topological polar surface area (TPSA) is 58.4 Å². The summed E-state index contributed by atoms with van der Waals surface area (Å²) in [6, 6.07) is 0.729. The lowest BCUT2D eigenvalue weighted by molar-refractivity contribution is -0.124. The van der Waals surface area contributed by atoms with E-state index in [-0.39, 0.29) is 5.91 Å². The maximum absolute atomic E-state index is 12.4. The summed E-state index contributed by atoms with van der Waals surface area (Å²) in [5, 5.41) is 3.28. The van der Waals surface area contributed by atoms with Gasteiger partial charge >= 0.3 is 0 Å². The number of piperidine rings is 1. The number of hydrogen-bond donors (Lipinski definition) is 2. The summed E-state index contributed by atoms with van der Waals surface area (Å²) < 4.78 is 0. The third-order valence-corrected chi connectivity index (χ3v) is 5.87. The van der Waals surface area contributed by atoms with E-state index in [0.717, 1.165) is 18.9 Å². The molecule has 5 unspecified atom stereocenters. The number of amides is 1. The number of carbonyl (C=O) groups excluding carboxylic acids is 1. The second-order valence-electron chi connectivity index (χ2n) is 7.33. The van der Waals surface area contributed by atoms with Crippen molar-refractivity contribution in [3.8, 4) is 0 Å². The minimum Gasteiger partial charge on any atom is -0.352 e. The SMILES string of the molecule is CC1CCCC(NC(=O)CN2CCCC(C)C2CN)C1C. The molecule has 1 aliphatic carbocycles. The normalized spacial score (nSPS) is 38.2. The Hall–Kier alpha value is -0.610. The standard InChI is InChI=1S/C17H33N3O/c1-12-6-4-8-15(14(12)3)19-17(21)11-20-9-5-7-13(2)16(20)10-18/h12-16H,4-11,18H2,1-3H3,(H,19,21). The van der Waals surface area contributed by atoms with E-state index >= 15 is 0 Å². The molecule has 5 atom stereocenters. The summed E-state index contributed by atoms with van der Waals surface area (Å²) in [5.41, 5.74) is 5.91. The van der Waals surface area contributed by atoms with Crippen LogP contribution in [-0.4, -0.2) is 42.5 Å². The van der Waals surface area contributed by atoms with Gasteiger partial charge in [-0.25, -0.2) is 0 Å². The predicted octanol–water partition coefficient (Wildman–Crippen LogP) is 1.99. The molecule has 21 heavy (non-hydrogen) atoms.